The van der Waals surface area contributed by atoms with Crippen molar-refractivity contribution in [3.05, 3.63) is 30.0 Å². The van der Waals surface area contributed by atoms with E-state index in [1.807, 2.05) is 6.07 Å². The Morgan fingerprint density at radius 3 is 3.00 bits per heavy atom. The molecule has 1 fully saturated rings. The van der Waals surface area contributed by atoms with Crippen LogP contribution < -0.4 is 4.90 Å². The van der Waals surface area contributed by atoms with Crippen molar-refractivity contribution in [3.8, 4) is 0 Å². The third kappa shape index (κ3) is 1.72. The van der Waals surface area contributed by atoms with Crippen LogP contribution in [0.25, 0.3) is 5.52 Å². The molecule has 94 valence electrons. The van der Waals surface area contributed by atoms with Gasteiger partial charge in [0.1, 0.15) is 0 Å². The Labute approximate surface area is 105 Å². The SMILES string of the molecule is CC1CCCN1c1cc2ccc(C(=O)O)cn2n1. The molecule has 1 aliphatic heterocycles. The van der Waals surface area contributed by atoms with Crippen molar-refractivity contribution in [3.63, 3.8) is 0 Å². The van der Waals surface area contributed by atoms with Gasteiger partial charge in [-0.15, -0.1) is 0 Å². The van der Waals surface area contributed by atoms with Crippen molar-refractivity contribution in [2.45, 2.75) is 25.8 Å². The number of aromatic carboxylic acids is 1. The summed E-state index contributed by atoms with van der Waals surface area (Å²) in [5, 5.41) is 13.4. The molecular weight excluding hydrogens is 230 g/mol. The number of pyridine rings is 1. The Hall–Kier alpha value is -2.04. The number of carbonyl (C=O) groups is 1. The largest absolute Gasteiger partial charge is 0.478 e. The highest BCUT2D eigenvalue weighted by Gasteiger charge is 2.22. The molecule has 1 aliphatic rings. The van der Waals surface area contributed by atoms with Gasteiger partial charge in [-0.25, -0.2) is 9.31 Å². The minimum absolute atomic E-state index is 0.256. The Kier molecular flexibility index (Phi) is 2.47. The molecule has 0 aromatic carbocycles. The fraction of sp³-hybridized carbons (Fsp3) is 0.385. The lowest BCUT2D eigenvalue weighted by Gasteiger charge is -2.20. The predicted molar refractivity (Wildman–Crippen MR) is 68.2 cm³/mol. The highest BCUT2D eigenvalue weighted by atomic mass is 16.4. The van der Waals surface area contributed by atoms with Crippen LogP contribution in [0.4, 0.5) is 5.82 Å². The first-order valence-corrected chi connectivity index (χ1v) is 6.14. The lowest BCUT2D eigenvalue weighted by molar-refractivity contribution is 0.0696. The van der Waals surface area contributed by atoms with E-state index in [4.69, 9.17) is 5.11 Å². The van der Waals surface area contributed by atoms with Crippen molar-refractivity contribution in [1.29, 1.82) is 0 Å². The summed E-state index contributed by atoms with van der Waals surface area (Å²) in [6, 6.07) is 5.92. The molecule has 3 rings (SSSR count). The van der Waals surface area contributed by atoms with E-state index in [1.165, 1.54) is 12.8 Å². The van der Waals surface area contributed by atoms with Crippen LogP contribution in [-0.2, 0) is 0 Å². The first-order valence-electron chi connectivity index (χ1n) is 6.14. The van der Waals surface area contributed by atoms with E-state index in [0.717, 1.165) is 17.9 Å². The van der Waals surface area contributed by atoms with Gasteiger partial charge < -0.3 is 10.0 Å². The maximum atomic E-state index is 10.9. The topological polar surface area (TPSA) is 57.8 Å². The van der Waals surface area contributed by atoms with E-state index in [0.29, 0.717) is 6.04 Å². The van der Waals surface area contributed by atoms with Crippen LogP contribution in [0.2, 0.25) is 0 Å². The van der Waals surface area contributed by atoms with Gasteiger partial charge in [-0.2, -0.15) is 5.10 Å². The summed E-state index contributed by atoms with van der Waals surface area (Å²) in [6.07, 6.45) is 3.94. The smallest absolute Gasteiger partial charge is 0.337 e. The monoisotopic (exact) mass is 245 g/mol. The number of fused-ring (bicyclic) bond motifs is 1. The van der Waals surface area contributed by atoms with Gasteiger partial charge >= 0.3 is 5.97 Å². The molecule has 5 heteroatoms. The summed E-state index contributed by atoms with van der Waals surface area (Å²) in [5.41, 5.74) is 1.18. The van der Waals surface area contributed by atoms with E-state index in [1.54, 1.807) is 22.8 Å². The third-order valence-corrected chi connectivity index (χ3v) is 3.54. The molecule has 1 saturated heterocycles. The number of hydrogen-bond donors (Lipinski definition) is 1. The Balaban J connectivity index is 2.02. The van der Waals surface area contributed by atoms with Crippen LogP contribution in [0.1, 0.15) is 30.1 Å². The summed E-state index contributed by atoms with van der Waals surface area (Å²) in [4.78, 5) is 13.2. The van der Waals surface area contributed by atoms with Gasteiger partial charge in [0.15, 0.2) is 5.82 Å². The normalized spacial score (nSPS) is 19.6. The van der Waals surface area contributed by atoms with E-state index >= 15 is 0 Å². The summed E-state index contributed by atoms with van der Waals surface area (Å²) in [6.45, 7) is 3.22. The van der Waals surface area contributed by atoms with Crippen LogP contribution in [0, 0.1) is 0 Å². The predicted octanol–water partition coefficient (Wildman–Crippen LogP) is 2.02. The molecule has 0 bridgehead atoms. The van der Waals surface area contributed by atoms with Crippen molar-refractivity contribution < 1.29 is 9.90 Å². The van der Waals surface area contributed by atoms with Crippen LogP contribution in [-0.4, -0.2) is 33.3 Å². The molecule has 2 aromatic rings. The zero-order valence-electron chi connectivity index (χ0n) is 10.2. The average Bonchev–Trinajstić information content (AvgIpc) is 2.92. The molecule has 0 saturated carbocycles. The van der Waals surface area contributed by atoms with Crippen molar-refractivity contribution in [1.82, 2.24) is 9.61 Å². The highest BCUT2D eigenvalue weighted by molar-refractivity contribution is 5.87. The van der Waals surface area contributed by atoms with Crippen molar-refractivity contribution in [2.24, 2.45) is 0 Å². The van der Waals surface area contributed by atoms with Gasteiger partial charge in [0, 0.05) is 24.8 Å². The molecule has 3 heterocycles. The lowest BCUT2D eigenvalue weighted by atomic mass is 10.2. The second-order valence-corrected chi connectivity index (χ2v) is 4.78. The molecule has 0 spiro atoms. The molecule has 1 atom stereocenters. The minimum atomic E-state index is -0.927. The summed E-state index contributed by atoms with van der Waals surface area (Å²) >= 11 is 0. The van der Waals surface area contributed by atoms with Crippen molar-refractivity contribution in [2.75, 3.05) is 11.4 Å². The Morgan fingerprint density at radius 1 is 1.50 bits per heavy atom. The van der Waals surface area contributed by atoms with E-state index < -0.39 is 5.97 Å². The van der Waals surface area contributed by atoms with Gasteiger partial charge in [-0.1, -0.05) is 0 Å². The van der Waals surface area contributed by atoms with Gasteiger partial charge in [-0.05, 0) is 31.9 Å². The van der Waals surface area contributed by atoms with E-state index in [-0.39, 0.29) is 5.56 Å². The number of carboxylic acids is 1. The van der Waals surface area contributed by atoms with Gasteiger partial charge in [0.25, 0.3) is 0 Å². The number of carboxylic acid groups (broad SMARTS) is 1. The maximum absolute atomic E-state index is 10.9. The van der Waals surface area contributed by atoms with Gasteiger partial charge in [0.2, 0.25) is 0 Å². The van der Waals surface area contributed by atoms with Gasteiger partial charge in [0.05, 0.1) is 11.1 Å². The number of anilines is 1. The van der Waals surface area contributed by atoms with Crippen LogP contribution in [0.3, 0.4) is 0 Å². The molecule has 1 unspecified atom stereocenters. The molecule has 18 heavy (non-hydrogen) atoms. The number of rotatable bonds is 2. The van der Waals surface area contributed by atoms with Gasteiger partial charge in [-0.3, -0.25) is 0 Å². The Bertz CT molecular complexity index is 605. The quantitative estimate of drug-likeness (QED) is 0.879. The molecule has 0 radical (unpaired) electrons. The lowest BCUT2D eigenvalue weighted by Crippen LogP contribution is -2.26. The second kappa shape index (κ2) is 4.01. The minimum Gasteiger partial charge on any atom is -0.478 e. The summed E-state index contributed by atoms with van der Waals surface area (Å²) in [5.74, 6) is 0.00558. The number of nitrogens with zero attached hydrogens (tertiary/aromatic N) is 3. The molecule has 0 amide bonds. The standard InChI is InChI=1S/C13H15N3O2/c1-9-3-2-6-15(9)12-7-11-5-4-10(13(17)18)8-16(11)14-12/h4-5,7-9H,2-3,6H2,1H3,(H,17,18). The molecular formula is C13H15N3O2. The fourth-order valence-corrected chi connectivity index (χ4v) is 2.51. The second-order valence-electron chi connectivity index (χ2n) is 4.78. The zero-order chi connectivity index (χ0) is 12.7. The zero-order valence-corrected chi connectivity index (χ0v) is 10.2. The molecule has 2 aromatic heterocycles. The maximum Gasteiger partial charge on any atom is 0.337 e. The highest BCUT2D eigenvalue weighted by Crippen LogP contribution is 2.25. The van der Waals surface area contributed by atoms with E-state index in [2.05, 4.69) is 16.9 Å². The molecule has 0 aliphatic carbocycles. The van der Waals surface area contributed by atoms with Crippen LogP contribution in [0.15, 0.2) is 24.4 Å². The van der Waals surface area contributed by atoms with Crippen LogP contribution in [0.5, 0.6) is 0 Å². The molecule has 5 nitrogen and oxygen atoms in total. The summed E-state index contributed by atoms with van der Waals surface area (Å²) in [7, 11) is 0. The van der Waals surface area contributed by atoms with E-state index in [9.17, 15) is 4.79 Å². The van der Waals surface area contributed by atoms with Crippen molar-refractivity contribution >= 4 is 17.3 Å². The molecule has 1 N–H and O–H groups in total. The first kappa shape index (κ1) is 11.1. The third-order valence-electron chi connectivity index (χ3n) is 3.54. The number of aromatic nitrogens is 2. The summed E-state index contributed by atoms with van der Waals surface area (Å²) < 4.78 is 1.64. The Morgan fingerprint density at radius 2 is 2.33 bits per heavy atom. The fourth-order valence-electron chi connectivity index (χ4n) is 2.51. The number of hydrogen-bond acceptors (Lipinski definition) is 3. The average molecular weight is 245 g/mol. The first-order chi connectivity index (χ1) is 8.65. The van der Waals surface area contributed by atoms with Crippen LogP contribution >= 0.6 is 0 Å².